The second-order valence-electron chi connectivity index (χ2n) is 5.67. The van der Waals surface area contributed by atoms with E-state index >= 15 is 0 Å². The molecule has 9 nitrogen and oxygen atoms in total. The first kappa shape index (κ1) is 17.9. The number of hydrogen-bond donors (Lipinski definition) is 5. The Balaban J connectivity index is 2.51. The van der Waals surface area contributed by atoms with Crippen LogP contribution < -0.4 is 21.3 Å². The first-order valence-electron chi connectivity index (χ1n) is 8.12. The van der Waals surface area contributed by atoms with Crippen LogP contribution in [-0.4, -0.2) is 57.8 Å². The zero-order valence-electron chi connectivity index (χ0n) is 14.8. The van der Waals surface area contributed by atoms with E-state index in [1.54, 1.807) is 21.0 Å². The monoisotopic (exact) mass is 334 g/mol. The Morgan fingerprint density at radius 3 is 1.96 bits per heavy atom. The van der Waals surface area contributed by atoms with Crippen molar-refractivity contribution in [2.24, 2.45) is 0 Å². The smallest absolute Gasteiger partial charge is 0.225 e. The lowest BCUT2D eigenvalue weighted by molar-refractivity contribution is 0.208. The standard InChI is InChI=1S/C15H26N8O/c1-6-8(2)19-15-21-11-10(13(17-5)23-15)20-14(18-7-9(3)24)22-12(11)16-4/h8-9,24H,6-7H2,1-5H3,(H2,16,18,20,22)(H2,17,19,21,23). The van der Waals surface area contributed by atoms with Crippen molar-refractivity contribution in [2.75, 3.05) is 41.9 Å². The number of anilines is 4. The molecule has 0 fully saturated rings. The van der Waals surface area contributed by atoms with E-state index in [-0.39, 0.29) is 6.04 Å². The third-order valence-corrected chi connectivity index (χ3v) is 3.56. The van der Waals surface area contributed by atoms with Gasteiger partial charge in [0, 0.05) is 26.7 Å². The summed E-state index contributed by atoms with van der Waals surface area (Å²) in [5.74, 6) is 2.16. The van der Waals surface area contributed by atoms with Gasteiger partial charge in [-0.05, 0) is 20.3 Å². The molecule has 0 saturated carbocycles. The molecule has 24 heavy (non-hydrogen) atoms. The summed E-state index contributed by atoms with van der Waals surface area (Å²) in [4.78, 5) is 17.9. The summed E-state index contributed by atoms with van der Waals surface area (Å²) in [6.07, 6.45) is 0.470. The average Bonchev–Trinajstić information content (AvgIpc) is 2.58. The fraction of sp³-hybridized carbons (Fsp3) is 0.600. The van der Waals surface area contributed by atoms with Crippen LogP contribution in [0.4, 0.5) is 23.5 Å². The number of aliphatic hydroxyl groups excluding tert-OH is 1. The SMILES string of the molecule is CCC(C)Nc1nc(NC)c2nc(NCC(C)O)nc(NC)c2n1. The molecule has 9 heteroatoms. The molecular weight excluding hydrogens is 308 g/mol. The molecule has 0 saturated heterocycles. The molecule has 2 unspecified atom stereocenters. The third kappa shape index (κ3) is 4.10. The maximum absolute atomic E-state index is 9.42. The number of hydrogen-bond acceptors (Lipinski definition) is 9. The number of nitrogens with zero attached hydrogens (tertiary/aromatic N) is 4. The molecule has 2 aromatic rings. The van der Waals surface area contributed by atoms with E-state index in [1.165, 1.54) is 0 Å². The Morgan fingerprint density at radius 2 is 1.46 bits per heavy atom. The predicted molar refractivity (Wildman–Crippen MR) is 97.8 cm³/mol. The molecule has 0 radical (unpaired) electrons. The van der Waals surface area contributed by atoms with Crippen LogP contribution in [0.2, 0.25) is 0 Å². The van der Waals surface area contributed by atoms with Crippen LogP contribution in [0, 0.1) is 0 Å². The van der Waals surface area contributed by atoms with Crippen molar-refractivity contribution in [1.29, 1.82) is 0 Å². The van der Waals surface area contributed by atoms with Crippen molar-refractivity contribution < 1.29 is 5.11 Å². The minimum absolute atomic E-state index is 0.262. The molecule has 0 aromatic carbocycles. The topological polar surface area (TPSA) is 120 Å². The van der Waals surface area contributed by atoms with Gasteiger partial charge in [0.1, 0.15) is 11.0 Å². The molecule has 0 amide bonds. The van der Waals surface area contributed by atoms with E-state index in [9.17, 15) is 5.11 Å². The minimum atomic E-state index is -0.496. The van der Waals surface area contributed by atoms with E-state index in [0.717, 1.165) is 6.42 Å². The van der Waals surface area contributed by atoms with Gasteiger partial charge in [0.05, 0.1) is 6.10 Å². The molecule has 0 aliphatic carbocycles. The first-order valence-corrected chi connectivity index (χ1v) is 8.12. The highest BCUT2D eigenvalue weighted by Gasteiger charge is 2.15. The van der Waals surface area contributed by atoms with Crippen molar-refractivity contribution in [3.63, 3.8) is 0 Å². The average molecular weight is 334 g/mol. The highest BCUT2D eigenvalue weighted by atomic mass is 16.3. The summed E-state index contributed by atoms with van der Waals surface area (Å²) in [5, 5.41) is 21.8. The van der Waals surface area contributed by atoms with Crippen LogP contribution >= 0.6 is 0 Å². The minimum Gasteiger partial charge on any atom is -0.392 e. The molecule has 132 valence electrons. The summed E-state index contributed by atoms with van der Waals surface area (Å²) in [6.45, 7) is 6.23. The molecule has 2 aromatic heterocycles. The van der Waals surface area contributed by atoms with Gasteiger partial charge in [-0.1, -0.05) is 6.92 Å². The maximum atomic E-state index is 9.42. The van der Waals surface area contributed by atoms with Crippen molar-refractivity contribution in [3.05, 3.63) is 0 Å². The Morgan fingerprint density at radius 1 is 0.917 bits per heavy atom. The van der Waals surface area contributed by atoms with E-state index in [2.05, 4.69) is 55.1 Å². The van der Waals surface area contributed by atoms with Crippen LogP contribution in [0.25, 0.3) is 11.0 Å². The molecule has 0 bridgehead atoms. The van der Waals surface area contributed by atoms with Crippen LogP contribution in [-0.2, 0) is 0 Å². The molecule has 0 aliphatic rings. The quantitative estimate of drug-likeness (QED) is 0.489. The lowest BCUT2D eigenvalue weighted by atomic mass is 10.3. The summed E-state index contributed by atoms with van der Waals surface area (Å²) in [5.41, 5.74) is 1.24. The van der Waals surface area contributed by atoms with Crippen LogP contribution in [0.1, 0.15) is 27.2 Å². The lowest BCUT2D eigenvalue weighted by Crippen LogP contribution is -2.18. The molecule has 0 aliphatic heterocycles. The lowest BCUT2D eigenvalue weighted by Gasteiger charge is -2.15. The zero-order chi connectivity index (χ0) is 17.7. The Bertz CT molecular complexity index is 691. The number of aromatic nitrogens is 4. The van der Waals surface area contributed by atoms with Crippen molar-refractivity contribution >= 4 is 34.6 Å². The maximum Gasteiger partial charge on any atom is 0.225 e. The summed E-state index contributed by atoms with van der Waals surface area (Å²) >= 11 is 0. The molecular formula is C15H26N8O. The fourth-order valence-electron chi connectivity index (χ4n) is 2.07. The van der Waals surface area contributed by atoms with Gasteiger partial charge in [0.15, 0.2) is 11.6 Å². The molecule has 5 N–H and O–H groups in total. The second kappa shape index (κ2) is 7.91. The molecule has 2 rings (SSSR count). The van der Waals surface area contributed by atoms with Gasteiger partial charge in [-0.15, -0.1) is 0 Å². The zero-order valence-corrected chi connectivity index (χ0v) is 14.8. The van der Waals surface area contributed by atoms with Crippen LogP contribution in [0.15, 0.2) is 0 Å². The number of nitrogens with one attached hydrogen (secondary N) is 4. The predicted octanol–water partition coefficient (Wildman–Crippen LogP) is 1.51. The van der Waals surface area contributed by atoms with Gasteiger partial charge in [-0.3, -0.25) is 0 Å². The highest BCUT2D eigenvalue weighted by molar-refractivity contribution is 5.94. The van der Waals surface area contributed by atoms with Gasteiger partial charge < -0.3 is 26.4 Å². The second-order valence-corrected chi connectivity index (χ2v) is 5.67. The summed E-state index contributed by atoms with van der Waals surface area (Å²) < 4.78 is 0. The van der Waals surface area contributed by atoms with Gasteiger partial charge in [-0.2, -0.15) is 9.97 Å². The normalized spacial score (nSPS) is 13.4. The van der Waals surface area contributed by atoms with E-state index < -0.39 is 6.10 Å². The van der Waals surface area contributed by atoms with Crippen LogP contribution in [0.3, 0.4) is 0 Å². The van der Waals surface area contributed by atoms with Crippen molar-refractivity contribution in [2.45, 2.75) is 39.3 Å². The highest BCUT2D eigenvalue weighted by Crippen LogP contribution is 2.26. The first-order chi connectivity index (χ1) is 11.5. The summed E-state index contributed by atoms with van der Waals surface area (Å²) in [7, 11) is 3.57. The third-order valence-electron chi connectivity index (χ3n) is 3.56. The van der Waals surface area contributed by atoms with Gasteiger partial charge in [0.2, 0.25) is 11.9 Å². The van der Waals surface area contributed by atoms with E-state index in [4.69, 9.17) is 0 Å². The fourth-order valence-corrected chi connectivity index (χ4v) is 2.07. The number of fused-ring (bicyclic) bond motifs is 1. The molecule has 0 spiro atoms. The van der Waals surface area contributed by atoms with Crippen molar-refractivity contribution in [3.8, 4) is 0 Å². The van der Waals surface area contributed by atoms with E-state index in [0.29, 0.717) is 41.1 Å². The van der Waals surface area contributed by atoms with Gasteiger partial charge >= 0.3 is 0 Å². The molecule has 2 atom stereocenters. The molecule has 2 heterocycles. The van der Waals surface area contributed by atoms with E-state index in [1.807, 2.05) is 0 Å². The Hall–Kier alpha value is -2.42. The Kier molecular flexibility index (Phi) is 5.91. The van der Waals surface area contributed by atoms with Gasteiger partial charge in [0.25, 0.3) is 0 Å². The number of aliphatic hydroxyl groups is 1. The summed E-state index contributed by atoms with van der Waals surface area (Å²) in [6, 6.07) is 0.262. The Labute approximate surface area is 141 Å². The number of rotatable bonds is 8. The van der Waals surface area contributed by atoms with Crippen LogP contribution in [0.5, 0.6) is 0 Å². The van der Waals surface area contributed by atoms with Gasteiger partial charge in [-0.25, -0.2) is 9.97 Å². The largest absolute Gasteiger partial charge is 0.392 e. The van der Waals surface area contributed by atoms with Crippen molar-refractivity contribution in [1.82, 2.24) is 19.9 Å².